The van der Waals surface area contributed by atoms with Crippen molar-refractivity contribution < 1.29 is 0 Å². The Bertz CT molecular complexity index is 570. The monoisotopic (exact) mass is 261 g/mol. The first-order valence-electron chi connectivity index (χ1n) is 6.50. The maximum absolute atomic E-state index is 5.99. The summed E-state index contributed by atoms with van der Waals surface area (Å²) in [5, 5.41) is 12.5. The van der Waals surface area contributed by atoms with Crippen molar-refractivity contribution in [2.24, 2.45) is 12.8 Å². The smallest absolute Gasteiger partial charge is 0.147 e. The molecular formula is C12H19N7. The van der Waals surface area contributed by atoms with Crippen molar-refractivity contribution >= 4 is 0 Å². The Hall–Kier alpha value is -1.73. The first kappa shape index (κ1) is 12.3. The van der Waals surface area contributed by atoms with E-state index in [1.54, 1.807) is 6.33 Å². The zero-order valence-electron chi connectivity index (χ0n) is 11.3. The molecule has 0 radical (unpaired) electrons. The normalized spacial score (nSPS) is 17.4. The molecule has 102 valence electrons. The van der Waals surface area contributed by atoms with Gasteiger partial charge in [0, 0.05) is 38.4 Å². The number of nitrogens with zero attached hydrogens (tertiary/aromatic N) is 6. The number of aryl methyl sites for hydroxylation is 2. The average Bonchev–Trinajstić information content (AvgIpc) is 2.97. The van der Waals surface area contributed by atoms with Crippen LogP contribution in [0.4, 0.5) is 0 Å². The van der Waals surface area contributed by atoms with Crippen molar-refractivity contribution in [1.82, 2.24) is 29.4 Å². The second kappa shape index (κ2) is 4.75. The van der Waals surface area contributed by atoms with Gasteiger partial charge in [0.1, 0.15) is 12.2 Å². The van der Waals surface area contributed by atoms with Gasteiger partial charge in [-0.2, -0.15) is 5.10 Å². The van der Waals surface area contributed by atoms with Gasteiger partial charge in [-0.05, 0) is 6.92 Å². The fourth-order valence-electron chi connectivity index (χ4n) is 2.77. The number of hydrogen-bond donors (Lipinski definition) is 1. The van der Waals surface area contributed by atoms with E-state index < -0.39 is 0 Å². The number of hydrogen-bond acceptors (Lipinski definition) is 5. The number of nitrogens with two attached hydrogens (primary N) is 1. The van der Waals surface area contributed by atoms with Crippen LogP contribution >= 0.6 is 0 Å². The van der Waals surface area contributed by atoms with E-state index in [9.17, 15) is 0 Å². The van der Waals surface area contributed by atoms with E-state index in [0.717, 1.165) is 31.2 Å². The highest BCUT2D eigenvalue weighted by atomic mass is 15.3. The molecule has 3 heterocycles. The van der Waals surface area contributed by atoms with Crippen molar-refractivity contribution in [2.45, 2.75) is 26.1 Å². The lowest BCUT2D eigenvalue weighted by atomic mass is 10.1. The van der Waals surface area contributed by atoms with E-state index in [1.165, 1.54) is 5.56 Å². The van der Waals surface area contributed by atoms with Crippen LogP contribution in [0.5, 0.6) is 0 Å². The third kappa shape index (κ3) is 2.15. The van der Waals surface area contributed by atoms with Crippen molar-refractivity contribution in [2.75, 3.05) is 13.1 Å². The van der Waals surface area contributed by atoms with Gasteiger partial charge in [-0.25, -0.2) is 0 Å². The first-order chi connectivity index (χ1) is 9.19. The van der Waals surface area contributed by atoms with Gasteiger partial charge in [0.25, 0.3) is 0 Å². The van der Waals surface area contributed by atoms with Crippen LogP contribution in [0.15, 0.2) is 12.5 Å². The molecule has 0 bridgehead atoms. The SMILES string of the molecule is Cc1nn(C)cc1C(CN)N1CCn2cnnc2C1. The van der Waals surface area contributed by atoms with Crippen molar-refractivity contribution in [1.29, 1.82) is 0 Å². The Kier molecular flexibility index (Phi) is 3.08. The standard InChI is InChI=1S/C12H19N7/c1-9-10(6-17(2)16-9)11(5-13)18-3-4-19-8-14-15-12(19)7-18/h6,8,11H,3-5,7,13H2,1-2H3. The van der Waals surface area contributed by atoms with Crippen LogP contribution in [0.2, 0.25) is 0 Å². The summed E-state index contributed by atoms with van der Waals surface area (Å²) in [5.74, 6) is 1.01. The predicted octanol–water partition coefficient (Wildman–Crippen LogP) is -0.164. The third-order valence-corrected chi connectivity index (χ3v) is 3.74. The van der Waals surface area contributed by atoms with Crippen LogP contribution < -0.4 is 5.73 Å². The minimum Gasteiger partial charge on any atom is -0.329 e. The largest absolute Gasteiger partial charge is 0.329 e. The Morgan fingerprint density at radius 1 is 1.42 bits per heavy atom. The van der Waals surface area contributed by atoms with E-state index in [-0.39, 0.29) is 6.04 Å². The van der Waals surface area contributed by atoms with Crippen LogP contribution in [0.3, 0.4) is 0 Å². The molecule has 1 aliphatic heterocycles. The Balaban J connectivity index is 1.86. The van der Waals surface area contributed by atoms with Crippen LogP contribution in [-0.2, 0) is 20.1 Å². The molecule has 0 aromatic carbocycles. The van der Waals surface area contributed by atoms with Crippen molar-refractivity contribution in [3.05, 3.63) is 29.6 Å². The molecule has 2 aromatic heterocycles. The summed E-state index contributed by atoms with van der Waals surface area (Å²) < 4.78 is 3.94. The summed E-state index contributed by atoms with van der Waals surface area (Å²) in [4.78, 5) is 2.36. The lowest BCUT2D eigenvalue weighted by Crippen LogP contribution is -2.39. The zero-order chi connectivity index (χ0) is 13.4. The van der Waals surface area contributed by atoms with Crippen LogP contribution in [-0.4, -0.2) is 42.5 Å². The van der Waals surface area contributed by atoms with Gasteiger partial charge in [-0.15, -0.1) is 10.2 Å². The van der Waals surface area contributed by atoms with Gasteiger partial charge in [0.2, 0.25) is 0 Å². The van der Waals surface area contributed by atoms with Gasteiger partial charge in [0.05, 0.1) is 18.3 Å². The fourth-order valence-corrected chi connectivity index (χ4v) is 2.77. The molecule has 0 amide bonds. The summed E-state index contributed by atoms with van der Waals surface area (Å²) in [7, 11) is 1.94. The molecule has 1 atom stereocenters. The Morgan fingerprint density at radius 3 is 2.95 bits per heavy atom. The van der Waals surface area contributed by atoms with Gasteiger partial charge in [-0.1, -0.05) is 0 Å². The molecule has 3 rings (SSSR count). The van der Waals surface area contributed by atoms with Gasteiger partial charge in [-0.3, -0.25) is 9.58 Å². The predicted molar refractivity (Wildman–Crippen MR) is 70.2 cm³/mol. The molecule has 0 aliphatic carbocycles. The first-order valence-corrected chi connectivity index (χ1v) is 6.50. The highest BCUT2D eigenvalue weighted by Crippen LogP contribution is 2.25. The molecule has 2 aromatic rings. The average molecular weight is 261 g/mol. The maximum Gasteiger partial charge on any atom is 0.147 e. The summed E-state index contributed by atoms with van der Waals surface area (Å²) in [6.07, 6.45) is 3.85. The third-order valence-electron chi connectivity index (χ3n) is 3.74. The van der Waals surface area contributed by atoms with Gasteiger partial charge >= 0.3 is 0 Å². The quantitative estimate of drug-likeness (QED) is 0.830. The number of rotatable bonds is 3. The number of aromatic nitrogens is 5. The lowest BCUT2D eigenvalue weighted by molar-refractivity contribution is 0.156. The molecule has 1 aliphatic rings. The van der Waals surface area contributed by atoms with E-state index in [4.69, 9.17) is 5.73 Å². The zero-order valence-corrected chi connectivity index (χ0v) is 11.3. The van der Waals surface area contributed by atoms with Gasteiger partial charge < -0.3 is 10.3 Å². The molecule has 1 unspecified atom stereocenters. The summed E-state index contributed by atoms with van der Waals surface area (Å²) >= 11 is 0. The summed E-state index contributed by atoms with van der Waals surface area (Å²) in [5.41, 5.74) is 8.24. The van der Waals surface area contributed by atoms with E-state index >= 15 is 0 Å². The molecular weight excluding hydrogens is 242 g/mol. The van der Waals surface area contributed by atoms with Crippen LogP contribution in [0.25, 0.3) is 0 Å². The van der Waals surface area contributed by atoms with Crippen LogP contribution in [0, 0.1) is 6.92 Å². The van der Waals surface area contributed by atoms with Gasteiger partial charge in [0.15, 0.2) is 0 Å². The molecule has 0 spiro atoms. The summed E-state index contributed by atoms with van der Waals surface area (Å²) in [6, 6.07) is 0.194. The summed E-state index contributed by atoms with van der Waals surface area (Å²) in [6.45, 7) is 5.28. The Labute approximate surface area is 112 Å². The van der Waals surface area contributed by atoms with E-state index in [1.807, 2.05) is 18.7 Å². The van der Waals surface area contributed by atoms with E-state index in [2.05, 4.69) is 31.0 Å². The molecule has 0 saturated heterocycles. The highest BCUT2D eigenvalue weighted by Gasteiger charge is 2.26. The number of fused-ring (bicyclic) bond motifs is 1. The maximum atomic E-state index is 5.99. The molecule has 0 saturated carbocycles. The minimum absolute atomic E-state index is 0.194. The van der Waals surface area contributed by atoms with Crippen LogP contribution in [0.1, 0.15) is 23.1 Å². The second-order valence-electron chi connectivity index (χ2n) is 5.01. The minimum atomic E-state index is 0.194. The molecule has 2 N–H and O–H groups in total. The lowest BCUT2D eigenvalue weighted by Gasteiger charge is -2.33. The van der Waals surface area contributed by atoms with Crippen molar-refractivity contribution in [3.63, 3.8) is 0 Å². The molecule has 7 heteroatoms. The Morgan fingerprint density at radius 2 is 2.26 bits per heavy atom. The molecule has 7 nitrogen and oxygen atoms in total. The topological polar surface area (TPSA) is 77.8 Å². The fraction of sp³-hybridized carbons (Fsp3) is 0.583. The van der Waals surface area contributed by atoms with E-state index in [0.29, 0.717) is 6.54 Å². The molecule has 0 fully saturated rings. The molecule has 19 heavy (non-hydrogen) atoms. The second-order valence-corrected chi connectivity index (χ2v) is 5.01. The highest BCUT2D eigenvalue weighted by molar-refractivity contribution is 5.21. The van der Waals surface area contributed by atoms with Crippen molar-refractivity contribution in [3.8, 4) is 0 Å².